The van der Waals surface area contributed by atoms with Crippen LogP contribution in [0.4, 0.5) is 0 Å². The van der Waals surface area contributed by atoms with Gasteiger partial charge in [0.1, 0.15) is 6.04 Å². The van der Waals surface area contributed by atoms with Crippen molar-refractivity contribution in [1.29, 1.82) is 0 Å². The van der Waals surface area contributed by atoms with E-state index >= 15 is 0 Å². The van der Waals surface area contributed by atoms with Crippen LogP contribution in [0.25, 0.3) is 0 Å². The molecule has 88 valence electrons. The highest BCUT2D eigenvalue weighted by molar-refractivity contribution is 5.73. The largest absolute Gasteiger partial charge is 0.480 e. The molecule has 1 aliphatic carbocycles. The number of carbonyl (C=O) groups is 1. The zero-order chi connectivity index (χ0) is 11.3. The first-order valence-corrected chi connectivity index (χ1v) is 5.48. The Morgan fingerprint density at radius 3 is 2.60 bits per heavy atom. The van der Waals surface area contributed by atoms with E-state index in [0.717, 1.165) is 19.4 Å². The fourth-order valence-corrected chi connectivity index (χ4v) is 1.78. The number of nitrogens with zero attached hydrogens (tertiary/aromatic N) is 1. The molecule has 0 saturated heterocycles. The lowest BCUT2D eigenvalue weighted by Crippen LogP contribution is -2.49. The molecule has 0 radical (unpaired) electrons. The van der Waals surface area contributed by atoms with Gasteiger partial charge in [0, 0.05) is 25.7 Å². The second-order valence-electron chi connectivity index (χ2n) is 4.10. The molecule has 1 atom stereocenters. The number of rotatable bonds is 7. The number of aliphatic hydroxyl groups is 1. The van der Waals surface area contributed by atoms with Gasteiger partial charge in [-0.1, -0.05) is 6.42 Å². The third kappa shape index (κ3) is 3.77. The van der Waals surface area contributed by atoms with E-state index in [4.69, 9.17) is 15.9 Å². The fraction of sp³-hybridized carbons (Fsp3) is 0.900. The van der Waals surface area contributed by atoms with Gasteiger partial charge >= 0.3 is 5.97 Å². The molecule has 0 amide bonds. The summed E-state index contributed by atoms with van der Waals surface area (Å²) in [4.78, 5) is 12.7. The van der Waals surface area contributed by atoms with Gasteiger partial charge in [-0.15, -0.1) is 0 Å². The Labute approximate surface area is 89.9 Å². The molecule has 0 spiro atoms. The summed E-state index contributed by atoms with van der Waals surface area (Å²) in [5, 5.41) is 17.5. The van der Waals surface area contributed by atoms with E-state index < -0.39 is 12.0 Å². The van der Waals surface area contributed by atoms with Gasteiger partial charge in [-0.05, 0) is 19.3 Å². The molecule has 15 heavy (non-hydrogen) atoms. The van der Waals surface area contributed by atoms with Crippen molar-refractivity contribution in [2.45, 2.75) is 37.8 Å². The predicted octanol–water partition coefficient (Wildman–Crippen LogP) is -0.365. The maximum Gasteiger partial charge on any atom is 0.321 e. The zero-order valence-electron chi connectivity index (χ0n) is 8.93. The SMILES string of the molecule is NC(CN(CCCO)C1CCC1)C(=O)O. The first-order valence-electron chi connectivity index (χ1n) is 5.48. The summed E-state index contributed by atoms with van der Waals surface area (Å²) in [6.45, 7) is 1.27. The summed E-state index contributed by atoms with van der Waals surface area (Å²) in [5.41, 5.74) is 5.50. The molecule has 0 aromatic rings. The summed E-state index contributed by atoms with van der Waals surface area (Å²) < 4.78 is 0. The van der Waals surface area contributed by atoms with Crippen molar-refractivity contribution in [3.8, 4) is 0 Å². The number of aliphatic hydroxyl groups excluding tert-OH is 1. The molecule has 0 aromatic carbocycles. The van der Waals surface area contributed by atoms with Gasteiger partial charge in [0.05, 0.1) is 0 Å². The molecular weight excluding hydrogens is 196 g/mol. The second kappa shape index (κ2) is 6.05. The zero-order valence-corrected chi connectivity index (χ0v) is 8.93. The second-order valence-corrected chi connectivity index (χ2v) is 4.10. The molecule has 0 aromatic heterocycles. The summed E-state index contributed by atoms with van der Waals surface area (Å²) in [5.74, 6) is -0.955. The van der Waals surface area contributed by atoms with E-state index in [2.05, 4.69) is 4.90 Å². The van der Waals surface area contributed by atoms with Gasteiger partial charge < -0.3 is 15.9 Å². The topological polar surface area (TPSA) is 86.8 Å². The molecule has 4 N–H and O–H groups in total. The van der Waals surface area contributed by atoms with Crippen molar-refractivity contribution in [1.82, 2.24) is 4.90 Å². The van der Waals surface area contributed by atoms with E-state index in [1.54, 1.807) is 0 Å². The quantitative estimate of drug-likeness (QED) is 0.541. The number of carboxylic acids is 1. The predicted molar refractivity (Wildman–Crippen MR) is 56.5 cm³/mol. The van der Waals surface area contributed by atoms with Crippen molar-refractivity contribution in [3.63, 3.8) is 0 Å². The van der Waals surface area contributed by atoms with Crippen molar-refractivity contribution >= 4 is 5.97 Å². The van der Waals surface area contributed by atoms with Gasteiger partial charge in [0.15, 0.2) is 0 Å². The average molecular weight is 216 g/mol. The average Bonchev–Trinajstić information content (AvgIpc) is 2.10. The molecule has 1 unspecified atom stereocenters. The Morgan fingerprint density at radius 2 is 2.20 bits per heavy atom. The normalized spacial score (nSPS) is 18.9. The number of carboxylic acid groups (broad SMARTS) is 1. The van der Waals surface area contributed by atoms with Crippen LogP contribution in [0.2, 0.25) is 0 Å². The van der Waals surface area contributed by atoms with Crippen LogP contribution in [-0.2, 0) is 4.79 Å². The summed E-state index contributed by atoms with van der Waals surface area (Å²) >= 11 is 0. The molecule has 0 bridgehead atoms. The number of nitrogens with two attached hydrogens (primary N) is 1. The van der Waals surface area contributed by atoms with Gasteiger partial charge in [0.2, 0.25) is 0 Å². The summed E-state index contributed by atoms with van der Waals surface area (Å²) in [6, 6.07) is -0.341. The molecule has 1 fully saturated rings. The van der Waals surface area contributed by atoms with Crippen LogP contribution in [0.15, 0.2) is 0 Å². The number of aliphatic carboxylic acids is 1. The van der Waals surface area contributed by atoms with Gasteiger partial charge in [-0.2, -0.15) is 0 Å². The Hall–Kier alpha value is -0.650. The molecular formula is C10H20N2O3. The summed E-state index contributed by atoms with van der Waals surface area (Å²) in [7, 11) is 0. The fourth-order valence-electron chi connectivity index (χ4n) is 1.78. The van der Waals surface area contributed by atoms with Crippen LogP contribution in [0.3, 0.4) is 0 Å². The van der Waals surface area contributed by atoms with Crippen LogP contribution in [-0.4, -0.2) is 52.9 Å². The third-order valence-corrected chi connectivity index (χ3v) is 2.94. The van der Waals surface area contributed by atoms with Crippen LogP contribution < -0.4 is 5.73 Å². The van der Waals surface area contributed by atoms with E-state index in [1.807, 2.05) is 0 Å². The van der Waals surface area contributed by atoms with Crippen LogP contribution in [0.1, 0.15) is 25.7 Å². The molecule has 1 rings (SSSR count). The van der Waals surface area contributed by atoms with Crippen LogP contribution in [0, 0.1) is 0 Å². The molecule has 1 aliphatic rings. The maximum atomic E-state index is 10.6. The molecule has 5 heteroatoms. The smallest absolute Gasteiger partial charge is 0.321 e. The highest BCUT2D eigenvalue weighted by atomic mass is 16.4. The highest BCUT2D eigenvalue weighted by Gasteiger charge is 2.27. The Morgan fingerprint density at radius 1 is 1.53 bits per heavy atom. The molecule has 5 nitrogen and oxygen atoms in total. The molecule has 0 heterocycles. The van der Waals surface area contributed by atoms with Crippen molar-refractivity contribution in [2.75, 3.05) is 19.7 Å². The molecule has 1 saturated carbocycles. The lowest BCUT2D eigenvalue weighted by atomic mass is 9.91. The number of hydrogen-bond donors (Lipinski definition) is 3. The minimum Gasteiger partial charge on any atom is -0.480 e. The minimum absolute atomic E-state index is 0.144. The molecule has 0 aliphatic heterocycles. The van der Waals surface area contributed by atoms with E-state index in [1.165, 1.54) is 6.42 Å². The van der Waals surface area contributed by atoms with Crippen LogP contribution in [0.5, 0.6) is 0 Å². The van der Waals surface area contributed by atoms with Crippen molar-refractivity contribution in [2.24, 2.45) is 5.73 Å². The van der Waals surface area contributed by atoms with Crippen molar-refractivity contribution in [3.05, 3.63) is 0 Å². The first-order chi connectivity index (χ1) is 7.15. The Balaban J connectivity index is 2.37. The monoisotopic (exact) mass is 216 g/mol. The first kappa shape index (κ1) is 12.4. The van der Waals surface area contributed by atoms with Crippen LogP contribution >= 0.6 is 0 Å². The lowest BCUT2D eigenvalue weighted by molar-refractivity contribution is -0.139. The van der Waals surface area contributed by atoms with E-state index in [-0.39, 0.29) is 6.61 Å². The minimum atomic E-state index is -0.955. The Kier molecular flexibility index (Phi) is 5.01. The third-order valence-electron chi connectivity index (χ3n) is 2.94. The van der Waals surface area contributed by atoms with Gasteiger partial charge in [-0.3, -0.25) is 9.69 Å². The number of hydrogen-bond acceptors (Lipinski definition) is 4. The van der Waals surface area contributed by atoms with Gasteiger partial charge in [0.25, 0.3) is 0 Å². The van der Waals surface area contributed by atoms with Crippen molar-refractivity contribution < 1.29 is 15.0 Å². The standard InChI is InChI=1S/C10H20N2O3/c11-9(10(14)15)7-12(5-2-6-13)8-3-1-4-8/h8-9,13H,1-7,11H2,(H,14,15). The lowest BCUT2D eigenvalue weighted by Gasteiger charge is -2.38. The van der Waals surface area contributed by atoms with E-state index in [9.17, 15) is 4.79 Å². The van der Waals surface area contributed by atoms with Gasteiger partial charge in [-0.25, -0.2) is 0 Å². The maximum absolute atomic E-state index is 10.6. The van der Waals surface area contributed by atoms with E-state index in [0.29, 0.717) is 19.0 Å². The Bertz CT molecular complexity index is 207. The highest BCUT2D eigenvalue weighted by Crippen LogP contribution is 2.24. The summed E-state index contributed by atoms with van der Waals surface area (Å²) in [6.07, 6.45) is 4.14.